The van der Waals surface area contributed by atoms with Crippen LogP contribution in [0.1, 0.15) is 64.4 Å². The van der Waals surface area contributed by atoms with E-state index in [2.05, 4.69) is 87.4 Å². The molecule has 0 saturated carbocycles. The number of carbonyl (C=O) groups excluding carboxylic acids is 1. The minimum atomic E-state index is -5.68. The van der Waals surface area contributed by atoms with E-state index < -0.39 is 87.2 Å². The molecule has 3 aliphatic rings. The number of methoxy groups -OCH3 is 3. The van der Waals surface area contributed by atoms with Gasteiger partial charge in [-0.25, -0.2) is 18.5 Å². The largest absolute Gasteiger partial charge is 0.496 e. The Morgan fingerprint density at radius 3 is 1.51 bits per heavy atom. The topological polar surface area (TPSA) is 343 Å². The third kappa shape index (κ3) is 16.8. The van der Waals surface area contributed by atoms with Crippen molar-refractivity contribution in [1.82, 2.24) is 0 Å². The van der Waals surface area contributed by atoms with Crippen LogP contribution in [0.5, 0.6) is 17.2 Å². The number of fused-ring (bicyclic) bond motifs is 3. The number of aliphatic hydroxyl groups is 5. The summed E-state index contributed by atoms with van der Waals surface area (Å²) in [6.45, 7) is 13.8. The minimum Gasteiger partial charge on any atom is -0.496 e. The van der Waals surface area contributed by atoms with Crippen LogP contribution in [0.25, 0.3) is 30.3 Å². The summed E-state index contributed by atoms with van der Waals surface area (Å²) in [5, 5.41) is 59.0. The van der Waals surface area contributed by atoms with Crippen molar-refractivity contribution in [3.63, 3.8) is 0 Å². The van der Waals surface area contributed by atoms with Crippen LogP contribution in [0.2, 0.25) is 18.1 Å². The fraction of sp³-hybridized carbons (Fsp3) is 0.500. The van der Waals surface area contributed by atoms with E-state index in [9.17, 15) is 43.8 Å². The van der Waals surface area contributed by atoms with Gasteiger partial charge in [0.15, 0.2) is 8.32 Å². The van der Waals surface area contributed by atoms with Crippen LogP contribution < -0.4 is 14.2 Å². The number of rotatable bonds is 16. The molecule has 9 N–H and O–H groups in total. The number of carbonyl (C=O) groups is 1. The third-order valence-corrected chi connectivity index (χ3v) is 25.4. The molecule has 3 aromatic carbocycles. The maximum atomic E-state index is 11.9. The van der Waals surface area contributed by atoms with Gasteiger partial charge >= 0.3 is 29.4 Å². The Morgan fingerprint density at radius 1 is 0.654 bits per heavy atom. The highest BCUT2D eigenvalue weighted by atomic mass is 79.9. The molecule has 0 bridgehead atoms. The molecule has 81 heavy (non-hydrogen) atoms. The quantitative estimate of drug-likeness (QED) is 0.0247. The number of ether oxygens (including phenoxy) is 6. The molecule has 450 valence electrons. The van der Waals surface area contributed by atoms with Gasteiger partial charge in [0, 0.05) is 31.1 Å². The molecule has 9 rings (SSSR count). The van der Waals surface area contributed by atoms with E-state index in [0.29, 0.717) is 22.6 Å². The second kappa shape index (κ2) is 27.7. The summed E-state index contributed by atoms with van der Waals surface area (Å²) in [4.78, 5) is 47.6. The molecule has 13 atom stereocenters. The lowest BCUT2D eigenvalue weighted by Gasteiger charge is -2.38. The highest BCUT2D eigenvalue weighted by Gasteiger charge is 2.50. The summed E-state index contributed by atoms with van der Waals surface area (Å²) in [6, 6.07) is 17.2. The van der Waals surface area contributed by atoms with E-state index in [-0.39, 0.29) is 35.7 Å². The third-order valence-electron chi connectivity index (χ3n) is 13.9. The second-order valence-electron chi connectivity index (χ2n) is 20.3. The summed E-state index contributed by atoms with van der Waals surface area (Å²) >= 11 is 8.23. The SMILES string of the molecule is CC[C@H]1OC(=O)C(O[Si](C)(C)C(C)(C)C)[C@H]1C.COc1cc2sccc2cc1Br.COc1cc2sccc2cc1[C@@H]1O[C@H](CO)[C@H](O)C1O.COc1cc2sccc2cc1[C@@H]1O[C@H](COP(=O)(O)OP(=O)(O)OP(=O)(O)O)[C@H](O)C1O. The van der Waals surface area contributed by atoms with E-state index >= 15 is 0 Å². The Hall–Kier alpha value is -2.80. The van der Waals surface area contributed by atoms with Crippen molar-refractivity contribution in [1.29, 1.82) is 0 Å². The van der Waals surface area contributed by atoms with Gasteiger partial charge in [0.05, 0.1) is 39.0 Å². The number of halogens is 1. The summed E-state index contributed by atoms with van der Waals surface area (Å²) in [7, 11) is -13.9. The van der Waals surface area contributed by atoms with E-state index in [1.807, 2.05) is 48.0 Å². The maximum Gasteiger partial charge on any atom is 0.490 e. The van der Waals surface area contributed by atoms with Crippen molar-refractivity contribution in [2.24, 2.45) is 5.92 Å². The molecule has 0 spiro atoms. The number of thiophene rings is 3. The molecule has 3 aromatic heterocycles. The first-order valence-corrected chi connectivity index (χ1v) is 35.8. The Balaban J connectivity index is 0.000000185. The zero-order chi connectivity index (χ0) is 60.2. The van der Waals surface area contributed by atoms with Crippen molar-refractivity contribution in [2.45, 2.75) is 120 Å². The first kappa shape index (κ1) is 67.3. The lowest BCUT2D eigenvalue weighted by Crippen LogP contribution is -2.46. The Morgan fingerprint density at radius 2 is 1.10 bits per heavy atom. The van der Waals surface area contributed by atoms with Gasteiger partial charge in [-0.05, 0) is 127 Å². The number of cyclic esters (lactones) is 1. The fourth-order valence-corrected chi connectivity index (χ4v) is 15.8. The highest BCUT2D eigenvalue weighted by molar-refractivity contribution is 9.10. The van der Waals surface area contributed by atoms with E-state index in [1.165, 1.54) is 28.5 Å². The Labute approximate surface area is 488 Å². The lowest BCUT2D eigenvalue weighted by atomic mass is 9.99. The minimum absolute atomic E-state index is 0.0252. The number of esters is 1. The van der Waals surface area contributed by atoms with Gasteiger partial charge in [-0.2, -0.15) is 8.62 Å². The predicted octanol–water partition coefficient (Wildman–Crippen LogP) is 9.50. The molecule has 31 heteroatoms. The molecule has 3 fully saturated rings. The molecule has 0 radical (unpaired) electrons. The zero-order valence-electron chi connectivity index (χ0n) is 45.6. The van der Waals surface area contributed by atoms with E-state index in [4.69, 9.17) is 52.6 Å². The Bertz CT molecular complexity index is 3240. The first-order valence-electron chi connectivity index (χ1n) is 24.9. The van der Waals surface area contributed by atoms with Crippen LogP contribution in [-0.2, 0) is 50.3 Å². The number of hydrogen-bond acceptors (Lipinski definition) is 22. The van der Waals surface area contributed by atoms with Gasteiger partial charge in [-0.1, -0.05) is 34.6 Å². The van der Waals surface area contributed by atoms with Crippen LogP contribution in [0, 0.1) is 5.92 Å². The monoisotopic (exact) mass is 1330 g/mol. The maximum absolute atomic E-state index is 11.9. The molecule has 6 aromatic rings. The van der Waals surface area contributed by atoms with Crippen molar-refractivity contribution < 1.29 is 110 Å². The summed E-state index contributed by atoms with van der Waals surface area (Å²) < 4.78 is 88.4. The molecule has 0 aliphatic carbocycles. The summed E-state index contributed by atoms with van der Waals surface area (Å²) in [6.07, 6.45) is -8.74. The van der Waals surface area contributed by atoms with Gasteiger partial charge in [-0.15, -0.1) is 34.0 Å². The van der Waals surface area contributed by atoms with Gasteiger partial charge in [0.25, 0.3) is 0 Å². The van der Waals surface area contributed by atoms with Crippen LogP contribution in [0.15, 0.2) is 75.2 Å². The summed E-state index contributed by atoms with van der Waals surface area (Å²) in [5.74, 6) is 1.86. The van der Waals surface area contributed by atoms with E-state index in [1.54, 1.807) is 49.0 Å². The van der Waals surface area contributed by atoms with Crippen LogP contribution in [0.3, 0.4) is 0 Å². The molecule has 6 heterocycles. The van der Waals surface area contributed by atoms with Crippen molar-refractivity contribution in [3.8, 4) is 17.2 Å². The number of phosphoric acid groups is 3. The number of phosphoric ester groups is 1. The number of hydrogen-bond donors (Lipinski definition) is 9. The number of aliphatic hydroxyl groups excluding tert-OH is 5. The molecular weight excluding hydrogens is 1270 g/mol. The number of benzene rings is 3. The van der Waals surface area contributed by atoms with Crippen LogP contribution in [0.4, 0.5) is 0 Å². The van der Waals surface area contributed by atoms with Crippen LogP contribution in [-0.4, -0.2) is 143 Å². The van der Waals surface area contributed by atoms with Gasteiger partial charge in [0.2, 0.25) is 0 Å². The molecule has 23 nitrogen and oxygen atoms in total. The van der Waals surface area contributed by atoms with Crippen molar-refractivity contribution in [3.05, 3.63) is 86.3 Å². The summed E-state index contributed by atoms with van der Waals surface area (Å²) in [5.41, 5.74) is 1.08. The van der Waals surface area contributed by atoms with Crippen LogP contribution >= 0.6 is 73.4 Å². The van der Waals surface area contributed by atoms with E-state index in [0.717, 1.165) is 36.8 Å². The average molecular weight is 1330 g/mol. The zero-order valence-corrected chi connectivity index (χ0v) is 53.3. The molecule has 5 unspecified atom stereocenters. The molecular formula is C50H68BrO23P3S3Si. The van der Waals surface area contributed by atoms with Gasteiger partial charge in [0.1, 0.15) is 78.3 Å². The average Bonchev–Trinajstić information content (AvgIpc) is 4.28. The second-order valence-corrected chi connectivity index (χ2v) is 33.2. The normalized spacial score (nSPS) is 26.4. The first-order chi connectivity index (χ1) is 37.8. The molecule has 0 amide bonds. The predicted molar refractivity (Wildman–Crippen MR) is 310 cm³/mol. The smallest absolute Gasteiger partial charge is 0.490 e. The molecule has 3 aliphatic heterocycles. The van der Waals surface area contributed by atoms with Gasteiger partial charge < -0.3 is 78.0 Å². The molecule has 3 saturated heterocycles. The lowest BCUT2D eigenvalue weighted by molar-refractivity contribution is -0.146. The van der Waals surface area contributed by atoms with Crippen molar-refractivity contribution in [2.75, 3.05) is 34.5 Å². The standard InChI is InChI=1S/C14H19O14P3S.C14H16O5S.C13H26O3Si.C9H7BrOS/c1-24-9-5-11-7(2-3-32-11)4-8(9)14-13(16)12(15)10(26-14)6-25-30(20,21)28-31(22,23)27-29(17,18)19;1-18-9-5-11-7(2-3-20-11)4-8(9)14-13(17)12(16)10(6-15)19-14;1-8-10-9(2)11(12(14)15-10)16-17(6,7)13(3,4)5;1-11-8-5-9-6(2-3-12-9)4-7(8)10/h2-5,10,12-16H,6H2,1H3,(H,20,21)(H,22,23)(H2,17,18,19);2-5,10,12-17H,6H2,1H3;9-11H,8H2,1-7H3;2-5H,1H3/t2*10-,12+,13?,14+;9-,10+,11?;/m110./s1. The fourth-order valence-electron chi connectivity index (χ4n) is 8.54. The Kier molecular flexibility index (Phi) is 23.0. The van der Waals surface area contributed by atoms with Gasteiger partial charge in [-0.3, -0.25) is 4.52 Å². The highest BCUT2D eigenvalue weighted by Crippen LogP contribution is 2.66. The van der Waals surface area contributed by atoms with Crippen molar-refractivity contribution >= 4 is 118 Å².